The second kappa shape index (κ2) is 5.79. The number of rotatable bonds is 4. The number of aliphatic hydroxyl groups excluding tert-OH is 1. The van der Waals surface area contributed by atoms with Gasteiger partial charge in [-0.2, -0.15) is 5.10 Å². The lowest BCUT2D eigenvalue weighted by molar-refractivity contribution is -0.384. The van der Waals surface area contributed by atoms with Crippen molar-refractivity contribution in [3.8, 4) is 16.9 Å². The van der Waals surface area contributed by atoms with Crippen LogP contribution < -0.4 is 0 Å². The molecular weight excluding hydrogens is 282 g/mol. The minimum atomic E-state index is -0.445. The number of benzene rings is 2. The molecule has 0 saturated carbocycles. The summed E-state index contributed by atoms with van der Waals surface area (Å²) in [6.07, 6.45) is 1.76. The minimum absolute atomic E-state index is 0.0248. The molecule has 0 amide bonds. The molecule has 3 rings (SSSR count). The van der Waals surface area contributed by atoms with Crippen LogP contribution in [0.15, 0.2) is 60.8 Å². The summed E-state index contributed by atoms with van der Waals surface area (Å²) in [6.45, 7) is -0.154. The fourth-order valence-corrected chi connectivity index (χ4v) is 2.22. The molecule has 0 aliphatic heterocycles. The van der Waals surface area contributed by atoms with Crippen LogP contribution in [0.1, 0.15) is 5.56 Å². The van der Waals surface area contributed by atoms with E-state index in [2.05, 4.69) is 5.10 Å². The van der Waals surface area contributed by atoms with Crippen molar-refractivity contribution in [2.24, 2.45) is 0 Å². The zero-order valence-corrected chi connectivity index (χ0v) is 11.6. The van der Waals surface area contributed by atoms with E-state index in [-0.39, 0.29) is 12.3 Å². The predicted octanol–water partition coefficient (Wildman–Crippen LogP) is 2.94. The molecule has 0 atom stereocenters. The Bertz CT molecular complexity index is 795. The van der Waals surface area contributed by atoms with E-state index in [0.717, 1.165) is 11.3 Å². The molecule has 0 fully saturated rings. The Morgan fingerprint density at radius 3 is 2.36 bits per heavy atom. The predicted molar refractivity (Wildman–Crippen MR) is 81.6 cm³/mol. The first kappa shape index (κ1) is 14.0. The Kier molecular flexibility index (Phi) is 3.67. The van der Waals surface area contributed by atoms with Gasteiger partial charge in [-0.25, -0.2) is 4.68 Å². The summed E-state index contributed by atoms with van der Waals surface area (Å²) in [5.41, 5.74) is 2.91. The molecule has 2 aromatic carbocycles. The van der Waals surface area contributed by atoms with E-state index in [1.54, 1.807) is 23.0 Å². The molecule has 0 saturated heterocycles. The van der Waals surface area contributed by atoms with Gasteiger partial charge >= 0.3 is 0 Å². The lowest BCUT2D eigenvalue weighted by atomic mass is 10.1. The van der Waals surface area contributed by atoms with E-state index in [0.29, 0.717) is 11.3 Å². The van der Waals surface area contributed by atoms with Gasteiger partial charge in [-0.15, -0.1) is 0 Å². The molecule has 22 heavy (non-hydrogen) atoms. The minimum Gasteiger partial charge on any atom is -0.392 e. The molecule has 0 aliphatic rings. The van der Waals surface area contributed by atoms with E-state index < -0.39 is 4.92 Å². The molecule has 1 heterocycles. The molecule has 6 nitrogen and oxygen atoms in total. The number of hydrogen-bond donors (Lipinski definition) is 1. The fraction of sp³-hybridized carbons (Fsp3) is 0.0625. The largest absolute Gasteiger partial charge is 0.392 e. The number of nitrogens with zero attached hydrogens (tertiary/aromatic N) is 3. The normalized spacial score (nSPS) is 10.6. The number of para-hydroxylation sites is 1. The van der Waals surface area contributed by atoms with Gasteiger partial charge in [0, 0.05) is 29.5 Å². The smallest absolute Gasteiger partial charge is 0.269 e. The van der Waals surface area contributed by atoms with Gasteiger partial charge in [0.25, 0.3) is 5.69 Å². The summed E-state index contributed by atoms with van der Waals surface area (Å²) in [5, 5.41) is 24.7. The van der Waals surface area contributed by atoms with Crippen molar-refractivity contribution in [1.29, 1.82) is 0 Å². The number of aromatic nitrogens is 2. The highest BCUT2D eigenvalue weighted by molar-refractivity contribution is 5.64. The van der Waals surface area contributed by atoms with Crippen LogP contribution in [0, 0.1) is 10.1 Å². The third-order valence-electron chi connectivity index (χ3n) is 3.33. The Labute approximate surface area is 126 Å². The van der Waals surface area contributed by atoms with E-state index in [4.69, 9.17) is 0 Å². The second-order valence-electron chi connectivity index (χ2n) is 4.75. The maximum Gasteiger partial charge on any atom is 0.269 e. The third-order valence-corrected chi connectivity index (χ3v) is 3.33. The van der Waals surface area contributed by atoms with Gasteiger partial charge in [0.05, 0.1) is 22.9 Å². The number of aliphatic hydroxyl groups is 1. The molecule has 0 spiro atoms. The fourth-order valence-electron chi connectivity index (χ4n) is 2.22. The topological polar surface area (TPSA) is 81.2 Å². The van der Waals surface area contributed by atoms with Gasteiger partial charge in [-0.1, -0.05) is 18.2 Å². The van der Waals surface area contributed by atoms with Crippen LogP contribution in [-0.2, 0) is 6.61 Å². The summed E-state index contributed by atoms with van der Waals surface area (Å²) < 4.78 is 1.68. The van der Waals surface area contributed by atoms with Crippen molar-refractivity contribution in [1.82, 2.24) is 9.78 Å². The number of hydrogen-bond acceptors (Lipinski definition) is 4. The highest BCUT2D eigenvalue weighted by Gasteiger charge is 2.13. The molecular formula is C16H13N3O3. The van der Waals surface area contributed by atoms with Crippen molar-refractivity contribution >= 4 is 5.69 Å². The zero-order chi connectivity index (χ0) is 15.5. The highest BCUT2D eigenvalue weighted by atomic mass is 16.6. The Morgan fingerprint density at radius 1 is 1.09 bits per heavy atom. The van der Waals surface area contributed by atoms with Gasteiger partial charge in [0.2, 0.25) is 0 Å². The summed E-state index contributed by atoms with van der Waals surface area (Å²) in [5.74, 6) is 0. The van der Waals surface area contributed by atoms with Crippen molar-refractivity contribution in [3.63, 3.8) is 0 Å². The van der Waals surface area contributed by atoms with Crippen LogP contribution >= 0.6 is 0 Å². The van der Waals surface area contributed by atoms with Crippen LogP contribution in [0.3, 0.4) is 0 Å². The zero-order valence-electron chi connectivity index (χ0n) is 11.6. The number of nitro groups is 1. The number of nitro benzene ring substituents is 1. The lowest BCUT2D eigenvalue weighted by Crippen LogP contribution is -1.94. The Balaban J connectivity index is 2.03. The second-order valence-corrected chi connectivity index (χ2v) is 4.75. The first-order valence-corrected chi connectivity index (χ1v) is 6.68. The molecule has 1 aromatic heterocycles. The van der Waals surface area contributed by atoms with Crippen LogP contribution in [0.25, 0.3) is 16.9 Å². The summed E-state index contributed by atoms with van der Waals surface area (Å²) in [4.78, 5) is 10.3. The first-order chi connectivity index (χ1) is 10.7. The van der Waals surface area contributed by atoms with Crippen LogP contribution in [0.5, 0.6) is 0 Å². The van der Waals surface area contributed by atoms with Crippen molar-refractivity contribution in [3.05, 3.63) is 76.5 Å². The molecule has 0 unspecified atom stereocenters. The maximum atomic E-state index is 10.7. The van der Waals surface area contributed by atoms with Gasteiger partial charge in [-0.3, -0.25) is 10.1 Å². The van der Waals surface area contributed by atoms with Crippen LogP contribution in [-0.4, -0.2) is 19.8 Å². The first-order valence-electron chi connectivity index (χ1n) is 6.68. The van der Waals surface area contributed by atoms with E-state index in [1.165, 1.54) is 12.1 Å². The summed E-state index contributed by atoms with van der Waals surface area (Å²) in [7, 11) is 0. The standard InChI is InChI=1S/C16H13N3O3/c20-11-13-10-18(14-4-2-1-3-5-14)17-16(13)12-6-8-15(9-7-12)19(21)22/h1-10,20H,11H2. The number of non-ortho nitro benzene ring substituents is 1. The van der Waals surface area contributed by atoms with Gasteiger partial charge in [0.1, 0.15) is 0 Å². The van der Waals surface area contributed by atoms with E-state index in [1.807, 2.05) is 30.3 Å². The van der Waals surface area contributed by atoms with Crippen LogP contribution in [0.2, 0.25) is 0 Å². The van der Waals surface area contributed by atoms with Crippen molar-refractivity contribution in [2.75, 3.05) is 0 Å². The monoisotopic (exact) mass is 295 g/mol. The van der Waals surface area contributed by atoms with E-state index in [9.17, 15) is 15.2 Å². The molecule has 3 aromatic rings. The van der Waals surface area contributed by atoms with Crippen molar-refractivity contribution in [2.45, 2.75) is 6.61 Å². The van der Waals surface area contributed by atoms with Gasteiger partial charge in [-0.05, 0) is 24.3 Å². The molecule has 0 aliphatic carbocycles. The van der Waals surface area contributed by atoms with E-state index >= 15 is 0 Å². The van der Waals surface area contributed by atoms with Crippen LogP contribution in [0.4, 0.5) is 5.69 Å². The quantitative estimate of drug-likeness (QED) is 0.592. The lowest BCUT2D eigenvalue weighted by Gasteiger charge is -2.00. The summed E-state index contributed by atoms with van der Waals surface area (Å²) in [6, 6.07) is 15.7. The van der Waals surface area contributed by atoms with Gasteiger partial charge < -0.3 is 5.11 Å². The Hall–Kier alpha value is -2.99. The SMILES string of the molecule is O=[N+]([O-])c1ccc(-c2nn(-c3ccccc3)cc2CO)cc1. The van der Waals surface area contributed by atoms with Crippen molar-refractivity contribution < 1.29 is 10.0 Å². The molecule has 1 N–H and O–H groups in total. The summed E-state index contributed by atoms with van der Waals surface area (Å²) >= 11 is 0. The maximum absolute atomic E-state index is 10.7. The Morgan fingerprint density at radius 2 is 1.77 bits per heavy atom. The third kappa shape index (κ3) is 2.59. The van der Waals surface area contributed by atoms with Gasteiger partial charge in [0.15, 0.2) is 0 Å². The average Bonchev–Trinajstić information content (AvgIpc) is 3.00. The molecule has 0 radical (unpaired) electrons. The molecule has 110 valence electrons. The average molecular weight is 295 g/mol. The molecule has 6 heteroatoms. The molecule has 0 bridgehead atoms. The highest BCUT2D eigenvalue weighted by Crippen LogP contribution is 2.25.